The van der Waals surface area contributed by atoms with Gasteiger partial charge >= 0.3 is 0 Å². The van der Waals surface area contributed by atoms with Crippen LogP contribution in [0.1, 0.15) is 22.3 Å². The molecule has 0 saturated carbocycles. The summed E-state index contributed by atoms with van der Waals surface area (Å²) in [5.41, 5.74) is 4.84. The van der Waals surface area contributed by atoms with Crippen LogP contribution in [0, 0.1) is 39.8 Å². The summed E-state index contributed by atoms with van der Waals surface area (Å²) in [5.74, 6) is 0. The Morgan fingerprint density at radius 3 is 0.846 bits per heavy atom. The minimum atomic E-state index is 0. The van der Waals surface area contributed by atoms with Crippen molar-refractivity contribution in [2.45, 2.75) is 27.7 Å². The third-order valence-electron chi connectivity index (χ3n) is 1.88. The third-order valence-corrected chi connectivity index (χ3v) is 1.88. The number of hydrogen-bond donors (Lipinski definition) is 0. The van der Waals surface area contributed by atoms with E-state index in [-0.39, 0.29) is 98.1 Å². The summed E-state index contributed by atoms with van der Waals surface area (Å²) in [5, 5.41) is 0. The van der Waals surface area contributed by atoms with Gasteiger partial charge in [-0.2, -0.15) is 0 Å². The van der Waals surface area contributed by atoms with E-state index in [2.05, 4.69) is 39.8 Å². The molecule has 0 spiro atoms. The first-order valence-electron chi connectivity index (χ1n) is 3.50. The van der Waals surface area contributed by atoms with E-state index >= 15 is 0 Å². The molecule has 0 N–H and O–H groups in total. The monoisotopic (exact) mass is 399 g/mol. The largest absolute Gasteiger partial charge is 0.312 e. The maximum absolute atomic E-state index is 3.28. The predicted molar refractivity (Wildman–Crippen MR) is 43.1 cm³/mol. The molecule has 0 saturated heterocycles. The molecule has 1 aromatic carbocycles. The Labute approximate surface area is 157 Å². The molecule has 3 radical (unpaired) electrons. The van der Waals surface area contributed by atoms with Crippen molar-refractivity contribution >= 4 is 0 Å². The van der Waals surface area contributed by atoms with Crippen molar-refractivity contribution in [2.24, 2.45) is 0 Å². The minimum absolute atomic E-state index is 0. The van der Waals surface area contributed by atoms with Gasteiger partial charge in [0.15, 0.2) is 0 Å². The van der Waals surface area contributed by atoms with Crippen LogP contribution in [0.3, 0.4) is 0 Å². The summed E-state index contributed by atoms with van der Waals surface area (Å²) in [4.78, 5) is 0. The SMILES string of the molecule is Cc1[c-]c(C)c(C)[c-]c1C.[Y].[Y].[Y]. The van der Waals surface area contributed by atoms with Crippen molar-refractivity contribution in [3.8, 4) is 0 Å². The van der Waals surface area contributed by atoms with Crippen molar-refractivity contribution in [2.75, 3.05) is 0 Å². The summed E-state index contributed by atoms with van der Waals surface area (Å²) in [6.45, 7) is 8.27. The second kappa shape index (κ2) is 9.74. The Kier molecular flexibility index (Phi) is 15.6. The van der Waals surface area contributed by atoms with Crippen LogP contribution in [-0.4, -0.2) is 0 Å². The summed E-state index contributed by atoms with van der Waals surface area (Å²) in [7, 11) is 0. The van der Waals surface area contributed by atoms with Gasteiger partial charge in [-0.3, -0.25) is 22.3 Å². The zero-order chi connectivity index (χ0) is 7.72. The van der Waals surface area contributed by atoms with Gasteiger partial charge in [0.05, 0.1) is 0 Å². The van der Waals surface area contributed by atoms with Gasteiger partial charge in [0.25, 0.3) is 0 Å². The van der Waals surface area contributed by atoms with E-state index in [1.165, 1.54) is 22.3 Å². The van der Waals surface area contributed by atoms with Crippen molar-refractivity contribution in [3.05, 3.63) is 34.4 Å². The molecule has 0 amide bonds. The van der Waals surface area contributed by atoms with Gasteiger partial charge in [-0.05, 0) is 0 Å². The van der Waals surface area contributed by atoms with Crippen LogP contribution in [0.2, 0.25) is 0 Å². The molecular weight excluding hydrogens is 387 g/mol. The van der Waals surface area contributed by atoms with E-state index < -0.39 is 0 Å². The van der Waals surface area contributed by atoms with Gasteiger partial charge < -0.3 is 12.1 Å². The van der Waals surface area contributed by atoms with Crippen LogP contribution in [-0.2, 0) is 98.1 Å². The topological polar surface area (TPSA) is 0 Å². The van der Waals surface area contributed by atoms with E-state index in [9.17, 15) is 0 Å². The van der Waals surface area contributed by atoms with Crippen LogP contribution in [0.25, 0.3) is 0 Å². The number of benzene rings is 1. The molecule has 13 heavy (non-hydrogen) atoms. The second-order valence-corrected chi connectivity index (χ2v) is 2.75. The van der Waals surface area contributed by atoms with Crippen molar-refractivity contribution in [1.82, 2.24) is 0 Å². The van der Waals surface area contributed by atoms with Gasteiger partial charge in [-0.25, -0.2) is 0 Å². The summed E-state index contributed by atoms with van der Waals surface area (Å²) in [6, 6.07) is 6.55. The Balaban J connectivity index is -0.000000333. The van der Waals surface area contributed by atoms with Gasteiger partial charge in [-0.15, -0.1) is 27.7 Å². The molecule has 0 aliphatic carbocycles. The first kappa shape index (κ1) is 20.9. The normalized spacial score (nSPS) is 7.69. The number of hydrogen-bond acceptors (Lipinski definition) is 0. The van der Waals surface area contributed by atoms with E-state index in [1.54, 1.807) is 0 Å². The van der Waals surface area contributed by atoms with Crippen LogP contribution in [0.15, 0.2) is 0 Å². The molecule has 1 rings (SSSR count). The van der Waals surface area contributed by atoms with Crippen LogP contribution >= 0.6 is 0 Å². The average Bonchev–Trinajstić information content (AvgIpc) is 1.84. The Morgan fingerprint density at radius 2 is 0.692 bits per heavy atom. The fourth-order valence-corrected chi connectivity index (χ4v) is 0.938. The zero-order valence-corrected chi connectivity index (χ0v) is 17.2. The van der Waals surface area contributed by atoms with Crippen LogP contribution in [0.4, 0.5) is 0 Å². The van der Waals surface area contributed by atoms with E-state index in [1.807, 2.05) is 0 Å². The van der Waals surface area contributed by atoms with Crippen LogP contribution < -0.4 is 0 Å². The first-order chi connectivity index (χ1) is 4.61. The fraction of sp³-hybridized carbons (Fsp3) is 0.400. The second-order valence-electron chi connectivity index (χ2n) is 2.75. The van der Waals surface area contributed by atoms with Gasteiger partial charge in [0.1, 0.15) is 0 Å². The molecule has 0 heterocycles. The third kappa shape index (κ3) is 6.65. The summed E-state index contributed by atoms with van der Waals surface area (Å²) in [6.07, 6.45) is 0. The Hall–Kier alpha value is 2.53. The standard InChI is InChI=1S/C10H12.3Y/c1-7-5-9(3)10(4)6-8(7)2;;;/h1-4H3;;;/q-2;;;. The fourth-order valence-electron chi connectivity index (χ4n) is 0.938. The average molecular weight is 399 g/mol. The van der Waals surface area contributed by atoms with Crippen LogP contribution in [0.5, 0.6) is 0 Å². The van der Waals surface area contributed by atoms with Gasteiger partial charge in [0, 0.05) is 98.1 Å². The molecule has 0 aromatic heterocycles. The summed E-state index contributed by atoms with van der Waals surface area (Å²) < 4.78 is 0. The Morgan fingerprint density at radius 1 is 0.538 bits per heavy atom. The molecular formula is C10H12Y3-2. The molecule has 0 unspecified atom stereocenters. The minimum Gasteiger partial charge on any atom is -0.312 e. The van der Waals surface area contributed by atoms with E-state index in [4.69, 9.17) is 0 Å². The summed E-state index contributed by atoms with van der Waals surface area (Å²) >= 11 is 0. The molecule has 63 valence electrons. The maximum Gasteiger partial charge on any atom is 0 e. The molecule has 0 atom stereocenters. The smallest absolute Gasteiger partial charge is 0 e. The molecule has 3 heteroatoms. The molecule has 0 fully saturated rings. The zero-order valence-electron chi connectivity index (χ0n) is 8.73. The number of rotatable bonds is 0. The Bertz CT molecular complexity index is 206. The molecule has 0 aliphatic heterocycles. The van der Waals surface area contributed by atoms with Crippen molar-refractivity contribution < 1.29 is 98.1 Å². The molecule has 0 nitrogen and oxygen atoms in total. The number of aryl methyl sites for hydroxylation is 4. The predicted octanol–water partition coefficient (Wildman–Crippen LogP) is 2.51. The first-order valence-corrected chi connectivity index (χ1v) is 3.50. The van der Waals surface area contributed by atoms with E-state index in [0.717, 1.165) is 0 Å². The van der Waals surface area contributed by atoms with Crippen molar-refractivity contribution in [3.63, 3.8) is 0 Å². The molecule has 1 aromatic rings. The van der Waals surface area contributed by atoms with Gasteiger partial charge in [-0.1, -0.05) is 0 Å². The quantitative estimate of drug-likeness (QED) is 0.589. The molecule has 0 aliphatic rings. The molecule has 0 bridgehead atoms. The van der Waals surface area contributed by atoms with Crippen molar-refractivity contribution in [1.29, 1.82) is 0 Å². The maximum atomic E-state index is 3.28. The van der Waals surface area contributed by atoms with Gasteiger partial charge in [0.2, 0.25) is 0 Å². The van der Waals surface area contributed by atoms with E-state index in [0.29, 0.717) is 0 Å².